The molecule has 0 spiro atoms. The number of nitrogens with zero attached hydrogens (tertiary/aromatic N) is 5. The number of pyridine rings is 2. The fourth-order valence-electron chi connectivity index (χ4n) is 7.03. The van der Waals surface area contributed by atoms with Gasteiger partial charge in [-0.2, -0.15) is 0 Å². The van der Waals surface area contributed by atoms with Crippen LogP contribution < -0.4 is 0 Å². The Bertz CT molecular complexity index is 2940. The van der Waals surface area contributed by atoms with Crippen LogP contribution >= 0.6 is 0 Å². The lowest BCUT2D eigenvalue weighted by molar-refractivity contribution is 0.656. The van der Waals surface area contributed by atoms with Crippen molar-refractivity contribution in [2.45, 2.75) is 0 Å². The van der Waals surface area contributed by atoms with Crippen molar-refractivity contribution >= 4 is 33.1 Å². The second kappa shape index (κ2) is 12.8. The van der Waals surface area contributed by atoms with Gasteiger partial charge in [-0.15, -0.1) is 0 Å². The SMILES string of the molecule is c1ccc(-c2ccc(-c3nc(-c4ccccc4)nc(-c4cccc(-c5cccc(-c6c7ncccc7nc7oc8ccccc8c67)c5)c4)n3)cc2)cc1. The minimum atomic E-state index is 0.601. The van der Waals surface area contributed by atoms with E-state index >= 15 is 0 Å². The number of hydrogen-bond acceptors (Lipinski definition) is 6. The number of benzene rings is 6. The Labute approximate surface area is 305 Å². The predicted octanol–water partition coefficient (Wildman–Crippen LogP) is 11.7. The van der Waals surface area contributed by atoms with Gasteiger partial charge in [-0.3, -0.25) is 4.98 Å². The highest BCUT2D eigenvalue weighted by molar-refractivity contribution is 6.17. The van der Waals surface area contributed by atoms with Crippen molar-refractivity contribution in [1.29, 1.82) is 0 Å². The molecule has 0 saturated carbocycles. The molecule has 0 saturated heterocycles. The summed E-state index contributed by atoms with van der Waals surface area (Å²) in [5, 5.41) is 1.97. The van der Waals surface area contributed by atoms with Gasteiger partial charge in [0, 0.05) is 33.8 Å². The zero-order chi connectivity index (χ0) is 35.1. The summed E-state index contributed by atoms with van der Waals surface area (Å²) in [6.07, 6.45) is 1.82. The van der Waals surface area contributed by atoms with Crippen molar-refractivity contribution in [2.24, 2.45) is 0 Å². The van der Waals surface area contributed by atoms with E-state index < -0.39 is 0 Å². The topological polar surface area (TPSA) is 77.6 Å². The molecule has 10 aromatic rings. The van der Waals surface area contributed by atoms with Crippen molar-refractivity contribution in [2.75, 3.05) is 0 Å². The number of rotatable bonds is 6. The predicted molar refractivity (Wildman–Crippen MR) is 213 cm³/mol. The first kappa shape index (κ1) is 30.5. The van der Waals surface area contributed by atoms with E-state index in [-0.39, 0.29) is 0 Å². The smallest absolute Gasteiger partial charge is 0.228 e. The highest BCUT2D eigenvalue weighted by Gasteiger charge is 2.19. The average molecular weight is 680 g/mol. The van der Waals surface area contributed by atoms with Crippen molar-refractivity contribution in [1.82, 2.24) is 24.9 Å². The second-order valence-corrected chi connectivity index (χ2v) is 12.9. The quantitative estimate of drug-likeness (QED) is 0.174. The molecule has 0 aliphatic heterocycles. The number of hydrogen-bond donors (Lipinski definition) is 0. The molecule has 0 fully saturated rings. The van der Waals surface area contributed by atoms with Crippen LogP contribution in [-0.2, 0) is 0 Å². The molecule has 0 radical (unpaired) electrons. The normalized spacial score (nSPS) is 11.4. The third kappa shape index (κ3) is 5.59. The molecule has 53 heavy (non-hydrogen) atoms. The lowest BCUT2D eigenvalue weighted by Gasteiger charge is -2.12. The Morgan fingerprint density at radius 1 is 0.377 bits per heavy atom. The van der Waals surface area contributed by atoms with E-state index in [4.69, 9.17) is 29.3 Å². The first-order chi connectivity index (χ1) is 26.2. The van der Waals surface area contributed by atoms with Gasteiger partial charge in [-0.25, -0.2) is 19.9 Å². The number of aromatic nitrogens is 5. The summed E-state index contributed by atoms with van der Waals surface area (Å²) in [5.41, 5.74) is 12.2. The van der Waals surface area contributed by atoms with Gasteiger partial charge >= 0.3 is 0 Å². The molecule has 0 N–H and O–H groups in total. The number of para-hydroxylation sites is 1. The molecule has 4 heterocycles. The summed E-state index contributed by atoms with van der Waals surface area (Å²) in [6, 6.07) is 57.7. The molecule has 0 bridgehead atoms. The summed E-state index contributed by atoms with van der Waals surface area (Å²) in [7, 11) is 0. The fourth-order valence-corrected chi connectivity index (χ4v) is 7.03. The molecule has 4 aromatic heterocycles. The van der Waals surface area contributed by atoms with E-state index in [0.29, 0.717) is 23.2 Å². The minimum absolute atomic E-state index is 0.601. The maximum absolute atomic E-state index is 6.25. The van der Waals surface area contributed by atoms with Crippen LogP contribution in [0.15, 0.2) is 180 Å². The van der Waals surface area contributed by atoms with Gasteiger partial charge in [0.1, 0.15) is 5.58 Å². The molecular formula is C47H29N5O. The minimum Gasteiger partial charge on any atom is -0.438 e. The van der Waals surface area contributed by atoms with E-state index in [1.165, 1.54) is 0 Å². The van der Waals surface area contributed by atoms with Crippen LogP contribution in [0.1, 0.15) is 0 Å². The molecule has 0 aliphatic carbocycles. The molecule has 0 atom stereocenters. The van der Waals surface area contributed by atoms with Gasteiger partial charge in [0.15, 0.2) is 17.5 Å². The third-order valence-electron chi connectivity index (χ3n) is 9.60. The van der Waals surface area contributed by atoms with Gasteiger partial charge in [-0.1, -0.05) is 140 Å². The third-order valence-corrected chi connectivity index (χ3v) is 9.60. The highest BCUT2D eigenvalue weighted by atomic mass is 16.3. The van der Waals surface area contributed by atoms with Crippen molar-refractivity contribution < 1.29 is 4.42 Å². The second-order valence-electron chi connectivity index (χ2n) is 12.9. The summed E-state index contributed by atoms with van der Waals surface area (Å²) in [5.74, 6) is 1.85. The van der Waals surface area contributed by atoms with Gasteiger partial charge in [-0.05, 0) is 58.1 Å². The Morgan fingerprint density at radius 2 is 0.906 bits per heavy atom. The number of furan rings is 1. The molecule has 0 unspecified atom stereocenters. The summed E-state index contributed by atoms with van der Waals surface area (Å²) >= 11 is 0. The van der Waals surface area contributed by atoms with Gasteiger partial charge < -0.3 is 4.42 Å². The lowest BCUT2D eigenvalue weighted by atomic mass is 9.95. The van der Waals surface area contributed by atoms with E-state index in [9.17, 15) is 0 Å². The van der Waals surface area contributed by atoms with E-state index in [0.717, 1.165) is 77.5 Å². The number of fused-ring (bicyclic) bond motifs is 4. The first-order valence-corrected chi connectivity index (χ1v) is 17.5. The molecule has 0 aliphatic rings. The zero-order valence-electron chi connectivity index (χ0n) is 28.4. The van der Waals surface area contributed by atoms with E-state index in [1.54, 1.807) is 0 Å². The maximum atomic E-state index is 6.25. The van der Waals surface area contributed by atoms with Crippen LogP contribution in [0.3, 0.4) is 0 Å². The summed E-state index contributed by atoms with van der Waals surface area (Å²) < 4.78 is 6.25. The van der Waals surface area contributed by atoms with Crippen molar-refractivity contribution in [3.63, 3.8) is 0 Å². The molecule has 6 aromatic carbocycles. The Morgan fingerprint density at radius 3 is 1.64 bits per heavy atom. The fraction of sp³-hybridized carbons (Fsp3) is 0. The zero-order valence-corrected chi connectivity index (χ0v) is 28.4. The summed E-state index contributed by atoms with van der Waals surface area (Å²) in [4.78, 5) is 24.7. The van der Waals surface area contributed by atoms with E-state index in [1.807, 2.05) is 72.9 Å². The molecule has 6 heteroatoms. The molecule has 248 valence electrons. The Kier molecular flexibility index (Phi) is 7.36. The van der Waals surface area contributed by atoms with Crippen LogP contribution in [-0.4, -0.2) is 24.9 Å². The first-order valence-electron chi connectivity index (χ1n) is 17.5. The molecule has 10 rings (SSSR count). The monoisotopic (exact) mass is 679 g/mol. The van der Waals surface area contributed by atoms with Crippen molar-refractivity contribution in [3.8, 4) is 67.5 Å². The molecule has 6 nitrogen and oxygen atoms in total. The van der Waals surface area contributed by atoms with E-state index in [2.05, 4.69) is 103 Å². The maximum Gasteiger partial charge on any atom is 0.228 e. The Hall–Kier alpha value is -7.31. The lowest BCUT2D eigenvalue weighted by Crippen LogP contribution is -2.00. The standard InChI is InChI=1S/C47H29N5O/c1-3-12-30(13-4-1)31-23-25-33(26-24-31)45-50-44(32-14-5-2-6-15-32)51-46(52-45)37-19-10-17-35(29-37)34-16-9-18-36(28-34)41-42-38-20-7-8-22-40(38)53-47(42)49-39-21-11-27-48-43(39)41/h1-29H. The van der Waals surface area contributed by atoms with Gasteiger partial charge in [0.2, 0.25) is 5.71 Å². The molecule has 0 amide bonds. The van der Waals surface area contributed by atoms with Gasteiger partial charge in [0.25, 0.3) is 0 Å². The van der Waals surface area contributed by atoms with Crippen LogP contribution in [0.4, 0.5) is 0 Å². The average Bonchev–Trinajstić information content (AvgIpc) is 3.61. The van der Waals surface area contributed by atoms with Crippen LogP contribution in [0.5, 0.6) is 0 Å². The van der Waals surface area contributed by atoms with Crippen LogP contribution in [0.2, 0.25) is 0 Å². The highest BCUT2D eigenvalue weighted by Crippen LogP contribution is 2.41. The van der Waals surface area contributed by atoms with Crippen LogP contribution in [0, 0.1) is 0 Å². The van der Waals surface area contributed by atoms with Crippen molar-refractivity contribution in [3.05, 3.63) is 176 Å². The molecular weight excluding hydrogens is 651 g/mol. The van der Waals surface area contributed by atoms with Gasteiger partial charge in [0.05, 0.1) is 16.4 Å². The Balaban J connectivity index is 1.09. The summed E-state index contributed by atoms with van der Waals surface area (Å²) in [6.45, 7) is 0. The van der Waals surface area contributed by atoms with Crippen LogP contribution in [0.25, 0.3) is 101 Å². The largest absolute Gasteiger partial charge is 0.438 e.